The summed E-state index contributed by atoms with van der Waals surface area (Å²) in [5.41, 5.74) is 6.21. The van der Waals surface area contributed by atoms with E-state index >= 15 is 0 Å². The quantitative estimate of drug-likeness (QED) is 0.727. The zero-order chi connectivity index (χ0) is 16.2. The molecule has 1 amide bonds. The van der Waals surface area contributed by atoms with Crippen molar-refractivity contribution in [1.29, 1.82) is 0 Å². The van der Waals surface area contributed by atoms with Crippen LogP contribution in [0.1, 0.15) is 27.7 Å². The van der Waals surface area contributed by atoms with Crippen LogP contribution in [0.5, 0.6) is 0 Å². The fraction of sp³-hybridized carbons (Fsp3) is 0.500. The van der Waals surface area contributed by atoms with Gasteiger partial charge in [0.05, 0.1) is 10.8 Å². The summed E-state index contributed by atoms with van der Waals surface area (Å²) in [6.07, 6.45) is 0. The van der Waals surface area contributed by atoms with Crippen LogP contribution in [0, 0.1) is 5.92 Å². The summed E-state index contributed by atoms with van der Waals surface area (Å²) >= 11 is 0. The van der Waals surface area contributed by atoms with E-state index in [0.29, 0.717) is 5.69 Å². The fourth-order valence-electron chi connectivity index (χ4n) is 1.59. The summed E-state index contributed by atoms with van der Waals surface area (Å²) in [4.78, 5) is 12.0. The van der Waals surface area contributed by atoms with Crippen LogP contribution in [0.15, 0.2) is 29.2 Å². The molecule has 0 saturated heterocycles. The normalized spacial score (nSPS) is 14.1. The van der Waals surface area contributed by atoms with Gasteiger partial charge in [-0.2, -0.15) is 0 Å². The molecule has 0 spiro atoms. The van der Waals surface area contributed by atoms with E-state index in [1.54, 1.807) is 39.8 Å². The van der Waals surface area contributed by atoms with E-state index in [9.17, 15) is 13.2 Å². The van der Waals surface area contributed by atoms with Crippen LogP contribution in [-0.2, 0) is 14.8 Å². The summed E-state index contributed by atoms with van der Waals surface area (Å²) < 4.78 is 26.4. The molecule has 1 aromatic carbocycles. The molecule has 4 N–H and O–H groups in total. The average Bonchev–Trinajstić information content (AvgIpc) is 2.36. The van der Waals surface area contributed by atoms with E-state index in [4.69, 9.17) is 5.73 Å². The van der Waals surface area contributed by atoms with E-state index in [2.05, 4.69) is 10.0 Å². The van der Waals surface area contributed by atoms with Gasteiger partial charge < -0.3 is 11.1 Å². The van der Waals surface area contributed by atoms with Crippen molar-refractivity contribution < 1.29 is 13.2 Å². The van der Waals surface area contributed by atoms with Gasteiger partial charge in [-0.15, -0.1) is 12.4 Å². The Balaban J connectivity index is 0.00000441. The van der Waals surface area contributed by atoms with Crippen LogP contribution in [-0.4, -0.2) is 26.4 Å². The molecule has 0 aliphatic carbocycles. The highest BCUT2D eigenvalue weighted by molar-refractivity contribution is 7.89. The molecule has 0 aromatic heterocycles. The van der Waals surface area contributed by atoms with Gasteiger partial charge in [-0.1, -0.05) is 6.92 Å². The highest BCUT2D eigenvalue weighted by Gasteiger charge is 2.18. The second-order valence-corrected chi connectivity index (χ2v) is 7.15. The molecule has 1 aromatic rings. The van der Waals surface area contributed by atoms with Crippen LogP contribution in [0.2, 0.25) is 0 Å². The number of hydrogen-bond donors (Lipinski definition) is 3. The minimum Gasteiger partial charge on any atom is -0.327 e. The van der Waals surface area contributed by atoms with Crippen molar-refractivity contribution >= 4 is 34.0 Å². The lowest BCUT2D eigenvalue weighted by Crippen LogP contribution is -2.34. The van der Waals surface area contributed by atoms with Gasteiger partial charge in [0.25, 0.3) is 0 Å². The standard InChI is InChI=1S/C14H23N3O3S.ClH/c1-9(2)17-21(19,20)13-7-5-12(6-8-13)16-14(18)10(3)11(4)15;/h5-11,17H,15H2,1-4H3,(H,16,18);1H. The number of amides is 1. The number of nitrogens with one attached hydrogen (secondary N) is 2. The largest absolute Gasteiger partial charge is 0.327 e. The molecule has 8 heteroatoms. The maximum Gasteiger partial charge on any atom is 0.240 e. The number of carbonyl (C=O) groups excluding carboxylic acids is 1. The molecule has 0 fully saturated rings. The van der Waals surface area contributed by atoms with Crippen LogP contribution < -0.4 is 15.8 Å². The summed E-state index contributed by atoms with van der Waals surface area (Å²) in [6, 6.07) is 5.59. The molecule has 0 radical (unpaired) electrons. The molecule has 22 heavy (non-hydrogen) atoms. The number of halogens is 1. The van der Waals surface area contributed by atoms with Gasteiger partial charge in [0.15, 0.2) is 0 Å². The topological polar surface area (TPSA) is 101 Å². The fourth-order valence-corrected chi connectivity index (χ4v) is 2.84. The van der Waals surface area contributed by atoms with Crippen molar-refractivity contribution in [2.24, 2.45) is 11.7 Å². The SMILES string of the molecule is CC(C)NS(=O)(=O)c1ccc(NC(=O)C(C)C(C)N)cc1.Cl. The number of hydrogen-bond acceptors (Lipinski definition) is 4. The van der Waals surface area contributed by atoms with Gasteiger partial charge in [0.1, 0.15) is 0 Å². The maximum atomic E-state index is 12.0. The summed E-state index contributed by atoms with van der Waals surface area (Å²) in [7, 11) is -3.52. The Labute approximate surface area is 138 Å². The van der Waals surface area contributed by atoms with Gasteiger partial charge >= 0.3 is 0 Å². The number of anilines is 1. The molecule has 2 atom stereocenters. The molecule has 126 valence electrons. The van der Waals surface area contributed by atoms with Crippen molar-refractivity contribution in [3.63, 3.8) is 0 Å². The predicted molar refractivity (Wildman–Crippen MR) is 90.6 cm³/mol. The van der Waals surface area contributed by atoms with Crippen molar-refractivity contribution in [2.75, 3.05) is 5.32 Å². The highest BCUT2D eigenvalue weighted by Crippen LogP contribution is 2.15. The van der Waals surface area contributed by atoms with Crippen molar-refractivity contribution in [1.82, 2.24) is 4.72 Å². The number of carbonyl (C=O) groups is 1. The lowest BCUT2D eigenvalue weighted by molar-refractivity contribution is -0.119. The van der Waals surface area contributed by atoms with E-state index in [1.165, 1.54) is 12.1 Å². The summed E-state index contributed by atoms with van der Waals surface area (Å²) in [5.74, 6) is -0.517. The van der Waals surface area contributed by atoms with Crippen molar-refractivity contribution in [2.45, 2.75) is 44.7 Å². The molecule has 0 aliphatic heterocycles. The van der Waals surface area contributed by atoms with Gasteiger partial charge in [0, 0.05) is 17.8 Å². The summed E-state index contributed by atoms with van der Waals surface area (Å²) in [6.45, 7) is 7.01. The molecular formula is C14H24ClN3O3S. The molecule has 0 bridgehead atoms. The lowest BCUT2D eigenvalue weighted by Gasteiger charge is -2.15. The molecule has 1 rings (SSSR count). The molecular weight excluding hydrogens is 326 g/mol. The summed E-state index contributed by atoms with van der Waals surface area (Å²) in [5, 5.41) is 2.71. The predicted octanol–water partition coefficient (Wildman–Crippen LogP) is 1.72. The third-order valence-electron chi connectivity index (χ3n) is 3.03. The Hall–Kier alpha value is -1.15. The minimum absolute atomic E-state index is 0. The number of benzene rings is 1. The Bertz CT molecular complexity index is 586. The lowest BCUT2D eigenvalue weighted by atomic mass is 10.0. The van der Waals surface area contributed by atoms with Gasteiger partial charge in [-0.25, -0.2) is 13.1 Å². The van der Waals surface area contributed by atoms with E-state index in [0.717, 1.165) is 0 Å². The van der Waals surface area contributed by atoms with Crippen molar-refractivity contribution in [3.8, 4) is 0 Å². The molecule has 0 aliphatic rings. The highest BCUT2D eigenvalue weighted by atomic mass is 35.5. The Morgan fingerprint density at radius 1 is 1.09 bits per heavy atom. The smallest absolute Gasteiger partial charge is 0.240 e. The Morgan fingerprint density at radius 3 is 2.00 bits per heavy atom. The Morgan fingerprint density at radius 2 is 1.59 bits per heavy atom. The molecule has 2 unspecified atom stereocenters. The first-order chi connectivity index (χ1) is 9.63. The monoisotopic (exact) mass is 349 g/mol. The van der Waals surface area contributed by atoms with Crippen molar-refractivity contribution in [3.05, 3.63) is 24.3 Å². The maximum absolute atomic E-state index is 12.0. The van der Waals surface area contributed by atoms with E-state index in [-0.39, 0.29) is 41.2 Å². The zero-order valence-corrected chi connectivity index (χ0v) is 14.8. The van der Waals surface area contributed by atoms with Gasteiger partial charge in [-0.05, 0) is 45.0 Å². The second-order valence-electron chi connectivity index (χ2n) is 5.44. The Kier molecular flexibility index (Phi) is 8.03. The first kappa shape index (κ1) is 20.9. The first-order valence-corrected chi connectivity index (χ1v) is 8.30. The molecule has 6 nitrogen and oxygen atoms in total. The van der Waals surface area contributed by atoms with Crippen LogP contribution >= 0.6 is 12.4 Å². The number of sulfonamides is 1. The first-order valence-electron chi connectivity index (χ1n) is 6.82. The van der Waals surface area contributed by atoms with Crippen LogP contribution in [0.3, 0.4) is 0 Å². The number of rotatable bonds is 6. The molecule has 0 heterocycles. The zero-order valence-electron chi connectivity index (χ0n) is 13.2. The van der Waals surface area contributed by atoms with Gasteiger partial charge in [0.2, 0.25) is 15.9 Å². The molecule has 0 saturated carbocycles. The third-order valence-corrected chi connectivity index (χ3v) is 4.70. The minimum atomic E-state index is -3.52. The average molecular weight is 350 g/mol. The van der Waals surface area contributed by atoms with Crippen LogP contribution in [0.25, 0.3) is 0 Å². The number of nitrogens with two attached hydrogens (primary N) is 1. The van der Waals surface area contributed by atoms with E-state index < -0.39 is 10.0 Å². The van der Waals surface area contributed by atoms with Crippen LogP contribution in [0.4, 0.5) is 5.69 Å². The van der Waals surface area contributed by atoms with E-state index in [1.807, 2.05) is 0 Å². The second kappa shape index (κ2) is 8.47. The van der Waals surface area contributed by atoms with Gasteiger partial charge in [-0.3, -0.25) is 4.79 Å². The third kappa shape index (κ3) is 5.92.